The van der Waals surface area contributed by atoms with Crippen molar-refractivity contribution in [3.05, 3.63) is 24.3 Å². The number of nitrogens with one attached hydrogen (secondary N) is 2. The number of benzene rings is 1. The monoisotopic (exact) mass is 410 g/mol. The maximum atomic E-state index is 12.5. The molecule has 7 heteroatoms. The first-order valence-corrected chi connectivity index (χ1v) is 11.5. The van der Waals surface area contributed by atoms with Crippen molar-refractivity contribution in [3.8, 4) is 5.75 Å². The summed E-state index contributed by atoms with van der Waals surface area (Å²) < 4.78 is 0. The average Bonchev–Trinajstić information content (AvgIpc) is 2.74. The van der Waals surface area contributed by atoms with E-state index in [9.17, 15) is 9.90 Å². The summed E-state index contributed by atoms with van der Waals surface area (Å²) in [7, 11) is 1.89. The minimum Gasteiger partial charge on any atom is -0.508 e. The Hall–Kier alpha value is -1.44. The molecule has 0 unspecified atom stereocenters. The number of carbonyl (C=O) groups excluding carboxylic acids is 1. The molecule has 28 heavy (non-hydrogen) atoms. The Morgan fingerprint density at radius 1 is 1.14 bits per heavy atom. The lowest BCUT2D eigenvalue weighted by Crippen LogP contribution is -2.43. The molecule has 1 aliphatic rings. The van der Waals surface area contributed by atoms with Gasteiger partial charge in [0.05, 0.1) is 5.88 Å². The fraction of sp³-hybridized carbons (Fsp3) is 0.667. The quantitative estimate of drug-likeness (QED) is 0.313. The molecule has 1 saturated heterocycles. The lowest BCUT2D eigenvalue weighted by molar-refractivity contribution is 0.203. The third-order valence-corrected chi connectivity index (χ3v) is 5.57. The fourth-order valence-electron chi connectivity index (χ4n) is 2.96. The van der Waals surface area contributed by atoms with Crippen LogP contribution in [-0.2, 0) is 0 Å². The number of amides is 2. The third-order valence-electron chi connectivity index (χ3n) is 4.52. The number of thioether (sulfide) groups is 1. The minimum atomic E-state index is -0.00910. The van der Waals surface area contributed by atoms with Crippen LogP contribution in [0.15, 0.2) is 29.2 Å². The second-order valence-corrected chi connectivity index (χ2v) is 7.64. The number of rotatable bonds is 10. The number of phenols is 1. The minimum absolute atomic E-state index is 0.00910. The number of urea groups is 1. The van der Waals surface area contributed by atoms with Crippen molar-refractivity contribution in [2.24, 2.45) is 0 Å². The summed E-state index contributed by atoms with van der Waals surface area (Å²) in [6.07, 6.45) is 4.96. The van der Waals surface area contributed by atoms with Gasteiger partial charge in [0, 0.05) is 24.5 Å². The first kappa shape index (κ1) is 24.6. The van der Waals surface area contributed by atoms with E-state index in [-0.39, 0.29) is 11.8 Å². The van der Waals surface area contributed by atoms with Crippen LogP contribution in [0.1, 0.15) is 39.5 Å². The van der Waals surface area contributed by atoms with E-state index in [1.54, 1.807) is 23.9 Å². The molecule has 0 aromatic heterocycles. The zero-order valence-corrected chi connectivity index (χ0v) is 18.6. The largest absolute Gasteiger partial charge is 0.508 e. The highest BCUT2D eigenvalue weighted by Gasteiger charge is 2.14. The van der Waals surface area contributed by atoms with Gasteiger partial charge in [0.1, 0.15) is 5.75 Å². The van der Waals surface area contributed by atoms with Crippen LogP contribution in [0.5, 0.6) is 5.75 Å². The molecule has 3 N–H and O–H groups in total. The maximum Gasteiger partial charge on any atom is 0.318 e. The molecule has 0 aliphatic carbocycles. The van der Waals surface area contributed by atoms with Gasteiger partial charge in [0.2, 0.25) is 0 Å². The summed E-state index contributed by atoms with van der Waals surface area (Å²) in [5, 5.41) is 15.5. The third kappa shape index (κ3) is 10.2. The highest BCUT2D eigenvalue weighted by atomic mass is 32.2. The standard InChI is InChI=1S/C19H32N4O2S.C2H6/c1-20-11-15-23(16-26-18-8-6-17(24)7-9-18)19(25)21-10-5-14-22-12-3-2-4-13-22;1-2/h6-9,20,24H,2-5,10-16H2,1H3,(H,21,25);1-2H3. The second kappa shape index (κ2) is 15.5. The lowest BCUT2D eigenvalue weighted by atomic mass is 10.1. The molecule has 2 amide bonds. The van der Waals surface area contributed by atoms with Crippen molar-refractivity contribution in [1.82, 2.24) is 20.4 Å². The van der Waals surface area contributed by atoms with Crippen LogP contribution in [0.3, 0.4) is 0 Å². The number of nitrogens with zero attached hydrogens (tertiary/aromatic N) is 2. The zero-order chi connectivity index (χ0) is 20.6. The van der Waals surface area contributed by atoms with Gasteiger partial charge in [-0.15, -0.1) is 11.8 Å². The van der Waals surface area contributed by atoms with Crippen molar-refractivity contribution in [3.63, 3.8) is 0 Å². The summed E-state index contributed by atoms with van der Waals surface area (Å²) in [5.74, 6) is 0.845. The molecule has 1 fully saturated rings. The summed E-state index contributed by atoms with van der Waals surface area (Å²) >= 11 is 1.60. The second-order valence-electron chi connectivity index (χ2n) is 6.62. The number of likely N-dealkylation sites (N-methyl/N-ethyl adjacent to an activating group) is 1. The van der Waals surface area contributed by atoms with Gasteiger partial charge in [-0.2, -0.15) is 0 Å². The molecule has 0 radical (unpaired) electrons. The van der Waals surface area contributed by atoms with E-state index in [0.29, 0.717) is 12.4 Å². The van der Waals surface area contributed by atoms with Gasteiger partial charge < -0.3 is 25.5 Å². The molecule has 0 atom stereocenters. The van der Waals surface area contributed by atoms with E-state index in [4.69, 9.17) is 0 Å². The number of carbonyl (C=O) groups is 1. The smallest absolute Gasteiger partial charge is 0.318 e. The van der Waals surface area contributed by atoms with Crippen LogP contribution in [0.25, 0.3) is 0 Å². The van der Waals surface area contributed by atoms with Crippen molar-refractivity contribution in [2.75, 3.05) is 52.2 Å². The predicted molar refractivity (Wildman–Crippen MR) is 119 cm³/mol. The molecule has 1 aliphatic heterocycles. The Morgan fingerprint density at radius 2 is 1.82 bits per heavy atom. The molecular formula is C21H38N4O2S. The lowest BCUT2D eigenvalue weighted by Gasteiger charge is -2.27. The number of hydrogen-bond donors (Lipinski definition) is 3. The summed E-state index contributed by atoms with van der Waals surface area (Å²) in [4.78, 5) is 17.9. The van der Waals surface area contributed by atoms with Crippen LogP contribution >= 0.6 is 11.8 Å². The molecule has 0 saturated carbocycles. The molecule has 1 aromatic carbocycles. The highest BCUT2D eigenvalue weighted by Crippen LogP contribution is 2.21. The Labute approximate surface area is 175 Å². The van der Waals surface area contributed by atoms with Gasteiger partial charge >= 0.3 is 6.03 Å². The number of hydrogen-bond acceptors (Lipinski definition) is 5. The molecule has 1 aromatic rings. The van der Waals surface area contributed by atoms with Crippen molar-refractivity contribution in [1.29, 1.82) is 0 Å². The normalized spacial score (nSPS) is 14.1. The molecular weight excluding hydrogens is 372 g/mol. The number of piperidine rings is 1. The van der Waals surface area contributed by atoms with Crippen LogP contribution in [0.2, 0.25) is 0 Å². The van der Waals surface area contributed by atoms with Crippen LogP contribution in [0.4, 0.5) is 4.79 Å². The van der Waals surface area contributed by atoms with Gasteiger partial charge in [-0.1, -0.05) is 20.3 Å². The topological polar surface area (TPSA) is 67.8 Å². The molecule has 0 spiro atoms. The van der Waals surface area contributed by atoms with E-state index in [1.165, 1.54) is 32.4 Å². The number of likely N-dealkylation sites (tertiary alicyclic amines) is 1. The Morgan fingerprint density at radius 3 is 2.46 bits per heavy atom. The number of phenolic OH excluding ortho intramolecular Hbond substituents is 1. The zero-order valence-electron chi connectivity index (χ0n) is 17.7. The van der Waals surface area contributed by atoms with Crippen LogP contribution in [-0.4, -0.2) is 73.1 Å². The summed E-state index contributed by atoms with van der Waals surface area (Å²) in [6, 6.07) is 7.06. The van der Waals surface area contributed by atoms with Crippen molar-refractivity contribution in [2.45, 2.75) is 44.4 Å². The Kier molecular flexibility index (Phi) is 13.6. The van der Waals surface area contributed by atoms with Crippen LogP contribution < -0.4 is 10.6 Å². The SMILES string of the molecule is CC.CNCCN(CSc1ccc(O)cc1)C(=O)NCCCN1CCCCC1. The predicted octanol–water partition coefficient (Wildman–Crippen LogP) is 3.58. The molecule has 0 bridgehead atoms. The van der Waals surface area contributed by atoms with Gasteiger partial charge in [0.15, 0.2) is 0 Å². The van der Waals surface area contributed by atoms with E-state index < -0.39 is 0 Å². The van der Waals surface area contributed by atoms with E-state index >= 15 is 0 Å². The maximum absolute atomic E-state index is 12.5. The van der Waals surface area contributed by atoms with Gasteiger partial charge in [0.25, 0.3) is 0 Å². The van der Waals surface area contributed by atoms with Gasteiger partial charge in [-0.05, 0) is 70.2 Å². The van der Waals surface area contributed by atoms with E-state index in [2.05, 4.69) is 15.5 Å². The molecule has 6 nitrogen and oxygen atoms in total. The first-order valence-electron chi connectivity index (χ1n) is 10.5. The highest BCUT2D eigenvalue weighted by molar-refractivity contribution is 7.99. The average molecular weight is 411 g/mol. The van der Waals surface area contributed by atoms with Gasteiger partial charge in [-0.3, -0.25) is 0 Å². The van der Waals surface area contributed by atoms with Crippen molar-refractivity contribution < 1.29 is 9.90 Å². The van der Waals surface area contributed by atoms with E-state index in [0.717, 1.165) is 31.0 Å². The summed E-state index contributed by atoms with van der Waals surface area (Å²) in [6.45, 7) is 9.61. The first-order chi connectivity index (χ1) is 13.7. The summed E-state index contributed by atoms with van der Waals surface area (Å²) in [5.41, 5.74) is 0. The molecule has 160 valence electrons. The van der Waals surface area contributed by atoms with Gasteiger partial charge in [-0.25, -0.2) is 4.79 Å². The van der Waals surface area contributed by atoms with Crippen LogP contribution in [0, 0.1) is 0 Å². The fourth-order valence-corrected chi connectivity index (χ4v) is 3.84. The van der Waals surface area contributed by atoms with E-state index in [1.807, 2.05) is 37.9 Å². The number of aromatic hydroxyl groups is 1. The Balaban J connectivity index is 0.00000190. The molecule has 1 heterocycles. The van der Waals surface area contributed by atoms with Crippen molar-refractivity contribution >= 4 is 17.8 Å². The Bertz CT molecular complexity index is 522. The molecule has 2 rings (SSSR count).